The number of rotatable bonds is 3. The van der Waals surface area contributed by atoms with Crippen LogP contribution in [0.15, 0.2) is 48.5 Å². The second kappa shape index (κ2) is 8.01. The van der Waals surface area contributed by atoms with E-state index in [9.17, 15) is 35.9 Å². The average molecular weight is 460 g/mol. The number of alkyl halides is 6. The molecule has 1 aliphatic rings. The van der Waals surface area contributed by atoms with Crippen LogP contribution in [0, 0.1) is 0 Å². The minimum Gasteiger partial charge on any atom is -0.293 e. The lowest BCUT2D eigenvalue weighted by molar-refractivity contribution is -0.138. The van der Waals surface area contributed by atoms with Crippen LogP contribution in [0.4, 0.5) is 47.3 Å². The highest BCUT2D eigenvalue weighted by molar-refractivity contribution is 6.21. The zero-order valence-electron chi connectivity index (χ0n) is 17.1. The van der Waals surface area contributed by atoms with Crippen molar-refractivity contribution in [3.8, 4) is 0 Å². The third-order valence-electron chi connectivity index (χ3n) is 4.81. The molecule has 0 aromatic heterocycles. The molecule has 3 rings (SSSR count). The normalized spacial score (nSPS) is 18.1. The number of benzene rings is 2. The van der Waals surface area contributed by atoms with Crippen molar-refractivity contribution in [1.29, 1.82) is 0 Å². The Balaban J connectivity index is 2.15. The van der Waals surface area contributed by atoms with Crippen molar-refractivity contribution in [2.75, 3.05) is 30.9 Å². The van der Waals surface area contributed by atoms with Crippen LogP contribution < -0.4 is 9.80 Å². The van der Waals surface area contributed by atoms with Gasteiger partial charge in [0.05, 0.1) is 16.8 Å². The number of halogens is 6. The van der Waals surface area contributed by atoms with E-state index in [1.807, 2.05) is 0 Å². The summed E-state index contributed by atoms with van der Waals surface area (Å²) in [5.74, 6) is 0. The molecule has 172 valence electrons. The third kappa shape index (κ3) is 4.22. The summed E-state index contributed by atoms with van der Waals surface area (Å²) in [4.78, 5) is 30.1. The molecule has 12 heteroatoms. The molecule has 2 aromatic rings. The molecule has 0 saturated carbocycles. The summed E-state index contributed by atoms with van der Waals surface area (Å²) in [6, 6.07) is 5.46. The molecule has 6 nitrogen and oxygen atoms in total. The van der Waals surface area contributed by atoms with E-state index in [-0.39, 0.29) is 11.4 Å². The number of anilines is 2. The zero-order valence-corrected chi connectivity index (χ0v) is 17.1. The highest BCUT2D eigenvalue weighted by Gasteiger charge is 2.46. The summed E-state index contributed by atoms with van der Waals surface area (Å²) >= 11 is 0. The fourth-order valence-corrected chi connectivity index (χ4v) is 3.41. The Labute approximate surface area is 179 Å². The van der Waals surface area contributed by atoms with Crippen molar-refractivity contribution < 1.29 is 35.9 Å². The summed E-state index contributed by atoms with van der Waals surface area (Å²) in [5, 5.41) is 0. The van der Waals surface area contributed by atoms with Gasteiger partial charge in [0.2, 0.25) is 0 Å². The van der Waals surface area contributed by atoms with Gasteiger partial charge in [-0.15, -0.1) is 0 Å². The van der Waals surface area contributed by atoms with Gasteiger partial charge in [0.15, 0.2) is 6.29 Å². The lowest BCUT2D eigenvalue weighted by Crippen LogP contribution is -2.69. The molecule has 4 amide bonds. The first-order valence-corrected chi connectivity index (χ1v) is 9.14. The summed E-state index contributed by atoms with van der Waals surface area (Å²) in [6.45, 7) is 0. The third-order valence-corrected chi connectivity index (χ3v) is 4.81. The van der Waals surface area contributed by atoms with E-state index in [0.717, 1.165) is 46.2 Å². The van der Waals surface area contributed by atoms with Crippen LogP contribution in [-0.2, 0) is 12.4 Å². The molecule has 2 aromatic carbocycles. The highest BCUT2D eigenvalue weighted by Crippen LogP contribution is 2.36. The van der Waals surface area contributed by atoms with Crippen LogP contribution in [0.3, 0.4) is 0 Å². The van der Waals surface area contributed by atoms with Crippen LogP contribution in [-0.4, -0.2) is 49.3 Å². The smallest absolute Gasteiger partial charge is 0.293 e. The van der Waals surface area contributed by atoms with Crippen molar-refractivity contribution in [2.24, 2.45) is 0 Å². The maximum Gasteiger partial charge on any atom is 0.416 e. The summed E-state index contributed by atoms with van der Waals surface area (Å²) in [5.41, 5.74) is -2.65. The molecule has 0 aliphatic carbocycles. The molecule has 1 heterocycles. The number of nitrogens with zero attached hydrogens (tertiary/aromatic N) is 4. The van der Waals surface area contributed by atoms with Crippen LogP contribution in [0.1, 0.15) is 11.1 Å². The second-order valence-corrected chi connectivity index (χ2v) is 7.29. The molecule has 1 atom stereocenters. The second-order valence-electron chi connectivity index (χ2n) is 7.29. The van der Waals surface area contributed by atoms with E-state index in [0.29, 0.717) is 11.0 Å². The summed E-state index contributed by atoms with van der Waals surface area (Å²) < 4.78 is 79.1. The predicted molar refractivity (Wildman–Crippen MR) is 104 cm³/mol. The van der Waals surface area contributed by atoms with Crippen molar-refractivity contribution in [3.05, 3.63) is 59.7 Å². The molecular weight excluding hydrogens is 442 g/mol. The lowest BCUT2D eigenvalue weighted by atomic mass is 10.1. The van der Waals surface area contributed by atoms with E-state index in [1.54, 1.807) is 0 Å². The average Bonchev–Trinajstić information content (AvgIpc) is 2.69. The van der Waals surface area contributed by atoms with Gasteiger partial charge in [-0.2, -0.15) is 26.3 Å². The first-order chi connectivity index (χ1) is 14.7. The van der Waals surface area contributed by atoms with Crippen LogP contribution >= 0.6 is 0 Å². The highest BCUT2D eigenvalue weighted by atomic mass is 19.4. The minimum atomic E-state index is -4.73. The molecule has 0 spiro atoms. The van der Waals surface area contributed by atoms with E-state index >= 15 is 0 Å². The van der Waals surface area contributed by atoms with Gasteiger partial charge < -0.3 is 0 Å². The van der Waals surface area contributed by atoms with Crippen LogP contribution in [0.2, 0.25) is 0 Å². The first kappa shape index (κ1) is 23.4. The first-order valence-electron chi connectivity index (χ1n) is 9.14. The fraction of sp³-hybridized carbons (Fsp3) is 0.300. The van der Waals surface area contributed by atoms with Gasteiger partial charge in [-0.3, -0.25) is 14.7 Å². The molecule has 0 radical (unpaired) electrons. The van der Waals surface area contributed by atoms with Gasteiger partial charge in [0.25, 0.3) is 0 Å². The number of urea groups is 2. The summed E-state index contributed by atoms with van der Waals surface area (Å²) in [7, 11) is 4.30. The van der Waals surface area contributed by atoms with Gasteiger partial charge in [0.1, 0.15) is 0 Å². The molecule has 32 heavy (non-hydrogen) atoms. The molecular formula is C20H18F6N4O2. The fourth-order valence-electron chi connectivity index (χ4n) is 3.41. The molecule has 1 unspecified atom stereocenters. The predicted octanol–water partition coefficient (Wildman–Crippen LogP) is 5.07. The zero-order chi connectivity index (χ0) is 24.0. The van der Waals surface area contributed by atoms with Crippen LogP contribution in [0.25, 0.3) is 0 Å². The van der Waals surface area contributed by atoms with Crippen LogP contribution in [0.5, 0.6) is 0 Å². The van der Waals surface area contributed by atoms with E-state index < -0.39 is 41.8 Å². The Hall–Kier alpha value is -3.28. The molecule has 0 N–H and O–H groups in total. The van der Waals surface area contributed by atoms with E-state index in [1.165, 1.54) is 32.1 Å². The number of hydrogen-bond donors (Lipinski definition) is 0. The SMILES string of the molecule is CN(C)C1N(C)C(=O)N(c2cccc(C(F)(F)F)c2)C(=O)N1c1cccc(C(F)(F)F)c1. The Kier molecular flexibility index (Phi) is 5.85. The standard InChI is InChI=1S/C20H18F6N4O2/c1-27(2)16-28(3)17(31)30(15-9-5-7-13(11-15)20(24,25)26)18(32)29(16)14-8-4-6-12(10-14)19(21,22)23/h4-11,16H,1-3H3. The largest absolute Gasteiger partial charge is 0.416 e. The van der Waals surface area contributed by atoms with Gasteiger partial charge in [-0.05, 0) is 50.5 Å². The molecule has 1 aliphatic heterocycles. The Bertz CT molecular complexity index is 1040. The van der Waals surface area contributed by atoms with Gasteiger partial charge in [-0.25, -0.2) is 14.5 Å². The number of carbonyl (C=O) groups is 2. The van der Waals surface area contributed by atoms with E-state index in [2.05, 4.69) is 0 Å². The van der Waals surface area contributed by atoms with E-state index in [4.69, 9.17) is 0 Å². The minimum absolute atomic E-state index is 0.181. The lowest BCUT2D eigenvalue weighted by Gasteiger charge is -2.48. The number of amides is 4. The summed E-state index contributed by atoms with van der Waals surface area (Å²) in [6.07, 6.45) is -10.5. The topological polar surface area (TPSA) is 47.1 Å². The molecule has 1 saturated heterocycles. The monoisotopic (exact) mass is 460 g/mol. The maximum absolute atomic E-state index is 13.3. The van der Waals surface area contributed by atoms with Crippen molar-refractivity contribution >= 4 is 23.4 Å². The maximum atomic E-state index is 13.3. The van der Waals surface area contributed by atoms with Gasteiger partial charge in [-0.1, -0.05) is 12.1 Å². The van der Waals surface area contributed by atoms with Gasteiger partial charge >= 0.3 is 24.4 Å². The number of hydrogen-bond acceptors (Lipinski definition) is 3. The quantitative estimate of drug-likeness (QED) is 0.602. The van der Waals surface area contributed by atoms with Gasteiger partial charge in [0, 0.05) is 12.7 Å². The number of imide groups is 1. The molecule has 0 bridgehead atoms. The Morgan fingerprint density at radius 1 is 0.781 bits per heavy atom. The Morgan fingerprint density at radius 3 is 1.72 bits per heavy atom. The van der Waals surface area contributed by atoms with Crippen molar-refractivity contribution in [2.45, 2.75) is 18.6 Å². The van der Waals surface area contributed by atoms with Crippen molar-refractivity contribution in [1.82, 2.24) is 9.80 Å². The Morgan fingerprint density at radius 2 is 1.25 bits per heavy atom. The molecule has 1 fully saturated rings. The number of carbonyl (C=O) groups excluding carboxylic acids is 2. The van der Waals surface area contributed by atoms with Crippen molar-refractivity contribution in [3.63, 3.8) is 0 Å².